The summed E-state index contributed by atoms with van der Waals surface area (Å²) in [5.74, 6) is -1.21. The summed E-state index contributed by atoms with van der Waals surface area (Å²) in [6.07, 6.45) is 5.16. The Kier molecular flexibility index (Phi) is 4.58. The first kappa shape index (κ1) is 13.3. The van der Waals surface area contributed by atoms with Crippen LogP contribution in [-0.4, -0.2) is 36.2 Å². The van der Waals surface area contributed by atoms with E-state index in [0.717, 1.165) is 25.9 Å². The molecule has 2 N–H and O–H groups in total. The van der Waals surface area contributed by atoms with Gasteiger partial charge in [-0.2, -0.15) is 0 Å². The quantitative estimate of drug-likeness (QED) is 0.773. The minimum atomic E-state index is -0.773. The summed E-state index contributed by atoms with van der Waals surface area (Å²) >= 11 is 0. The summed E-state index contributed by atoms with van der Waals surface area (Å²) in [5, 5.41) is 11.8. The number of hydrogen-bond donors (Lipinski definition) is 2. The molecule has 3 unspecified atom stereocenters. The van der Waals surface area contributed by atoms with Crippen LogP contribution in [0.4, 0.5) is 0 Å². The van der Waals surface area contributed by atoms with Gasteiger partial charge in [0, 0.05) is 19.1 Å². The van der Waals surface area contributed by atoms with E-state index in [1.807, 2.05) is 0 Å². The van der Waals surface area contributed by atoms with E-state index in [0.29, 0.717) is 31.9 Å². The molecule has 102 valence electrons. The van der Waals surface area contributed by atoms with E-state index >= 15 is 0 Å². The Morgan fingerprint density at radius 1 is 1.22 bits per heavy atom. The highest BCUT2D eigenvalue weighted by Gasteiger charge is 2.33. The molecule has 1 aliphatic heterocycles. The zero-order chi connectivity index (χ0) is 13.0. The summed E-state index contributed by atoms with van der Waals surface area (Å²) < 4.78 is 5.48. The molecular formula is C13H21NO4. The number of carboxylic acids is 1. The van der Waals surface area contributed by atoms with E-state index in [2.05, 4.69) is 5.32 Å². The second-order valence-electron chi connectivity index (χ2n) is 5.26. The van der Waals surface area contributed by atoms with E-state index in [9.17, 15) is 9.59 Å². The smallest absolute Gasteiger partial charge is 0.306 e. The number of ether oxygens (including phenoxy) is 1. The Labute approximate surface area is 107 Å². The largest absolute Gasteiger partial charge is 0.481 e. The molecule has 1 amide bonds. The van der Waals surface area contributed by atoms with Crippen LogP contribution < -0.4 is 5.32 Å². The van der Waals surface area contributed by atoms with Crippen molar-refractivity contribution in [2.24, 2.45) is 11.8 Å². The maximum Gasteiger partial charge on any atom is 0.306 e. The molecule has 0 radical (unpaired) electrons. The van der Waals surface area contributed by atoms with Crippen LogP contribution in [0, 0.1) is 11.8 Å². The molecule has 0 bridgehead atoms. The fourth-order valence-electron chi connectivity index (χ4n) is 2.82. The maximum atomic E-state index is 11.8. The normalized spacial score (nSPS) is 31.4. The molecular weight excluding hydrogens is 234 g/mol. The van der Waals surface area contributed by atoms with E-state index in [-0.39, 0.29) is 17.7 Å². The first-order valence-electron chi connectivity index (χ1n) is 6.79. The summed E-state index contributed by atoms with van der Waals surface area (Å²) in [7, 11) is 0. The fourth-order valence-corrected chi connectivity index (χ4v) is 2.82. The van der Waals surface area contributed by atoms with Crippen LogP contribution in [0.1, 0.15) is 38.5 Å². The molecule has 0 aromatic carbocycles. The van der Waals surface area contributed by atoms with Crippen molar-refractivity contribution in [1.29, 1.82) is 0 Å². The number of carboxylic acid groups (broad SMARTS) is 1. The zero-order valence-corrected chi connectivity index (χ0v) is 10.6. The SMILES string of the molecule is O=C(O)C1CCC(C(=O)NCCC2CCCO2)C1. The maximum absolute atomic E-state index is 11.8. The van der Waals surface area contributed by atoms with Crippen molar-refractivity contribution in [1.82, 2.24) is 5.32 Å². The van der Waals surface area contributed by atoms with Crippen LogP contribution >= 0.6 is 0 Å². The predicted octanol–water partition coefficient (Wildman–Crippen LogP) is 1.17. The van der Waals surface area contributed by atoms with Crippen molar-refractivity contribution in [2.75, 3.05) is 13.2 Å². The van der Waals surface area contributed by atoms with Crippen molar-refractivity contribution in [3.63, 3.8) is 0 Å². The molecule has 2 rings (SSSR count). The third-order valence-corrected chi connectivity index (χ3v) is 3.94. The molecule has 2 aliphatic rings. The summed E-state index contributed by atoms with van der Waals surface area (Å²) in [6.45, 7) is 1.47. The Balaban J connectivity index is 1.64. The summed E-state index contributed by atoms with van der Waals surface area (Å²) in [5.41, 5.74) is 0. The van der Waals surface area contributed by atoms with E-state index in [1.165, 1.54) is 0 Å². The van der Waals surface area contributed by atoms with Crippen LogP contribution in [0.5, 0.6) is 0 Å². The second kappa shape index (κ2) is 6.18. The van der Waals surface area contributed by atoms with Gasteiger partial charge in [0.05, 0.1) is 12.0 Å². The first-order chi connectivity index (χ1) is 8.66. The third kappa shape index (κ3) is 3.45. The Hall–Kier alpha value is -1.10. The molecule has 0 aromatic rings. The average molecular weight is 255 g/mol. The van der Waals surface area contributed by atoms with Crippen LogP contribution in [-0.2, 0) is 14.3 Å². The molecule has 0 spiro atoms. The van der Waals surface area contributed by atoms with Crippen LogP contribution in [0.25, 0.3) is 0 Å². The number of carbonyl (C=O) groups is 2. The van der Waals surface area contributed by atoms with Gasteiger partial charge in [-0.15, -0.1) is 0 Å². The van der Waals surface area contributed by atoms with Gasteiger partial charge < -0.3 is 15.2 Å². The lowest BCUT2D eigenvalue weighted by molar-refractivity contribution is -0.141. The van der Waals surface area contributed by atoms with Gasteiger partial charge >= 0.3 is 5.97 Å². The van der Waals surface area contributed by atoms with Gasteiger partial charge in [-0.25, -0.2) is 0 Å². The molecule has 1 aliphatic carbocycles. The van der Waals surface area contributed by atoms with Crippen LogP contribution in [0.3, 0.4) is 0 Å². The third-order valence-electron chi connectivity index (χ3n) is 3.94. The van der Waals surface area contributed by atoms with E-state index < -0.39 is 5.97 Å². The number of amides is 1. The molecule has 5 nitrogen and oxygen atoms in total. The van der Waals surface area contributed by atoms with Crippen molar-refractivity contribution in [2.45, 2.75) is 44.6 Å². The lowest BCUT2D eigenvalue weighted by Gasteiger charge is -2.13. The van der Waals surface area contributed by atoms with Crippen molar-refractivity contribution >= 4 is 11.9 Å². The van der Waals surface area contributed by atoms with Crippen molar-refractivity contribution in [3.05, 3.63) is 0 Å². The zero-order valence-electron chi connectivity index (χ0n) is 10.6. The topological polar surface area (TPSA) is 75.6 Å². The lowest BCUT2D eigenvalue weighted by Crippen LogP contribution is -2.32. The van der Waals surface area contributed by atoms with E-state index in [4.69, 9.17) is 9.84 Å². The Morgan fingerprint density at radius 2 is 2.00 bits per heavy atom. The molecule has 3 atom stereocenters. The highest BCUT2D eigenvalue weighted by Crippen LogP contribution is 2.31. The van der Waals surface area contributed by atoms with Crippen LogP contribution in [0.2, 0.25) is 0 Å². The number of carbonyl (C=O) groups excluding carboxylic acids is 1. The summed E-state index contributed by atoms with van der Waals surface area (Å²) in [4.78, 5) is 22.7. The van der Waals surface area contributed by atoms with Gasteiger partial charge in [0.2, 0.25) is 5.91 Å². The number of nitrogens with one attached hydrogen (secondary N) is 1. The number of rotatable bonds is 5. The fraction of sp³-hybridized carbons (Fsp3) is 0.846. The highest BCUT2D eigenvalue weighted by molar-refractivity contribution is 5.80. The molecule has 1 heterocycles. The Bertz CT molecular complexity index is 312. The molecule has 1 saturated carbocycles. The Morgan fingerprint density at radius 3 is 2.61 bits per heavy atom. The number of hydrogen-bond acceptors (Lipinski definition) is 3. The average Bonchev–Trinajstić information content (AvgIpc) is 2.99. The van der Waals surface area contributed by atoms with E-state index in [1.54, 1.807) is 0 Å². The lowest BCUT2D eigenvalue weighted by atomic mass is 10.0. The van der Waals surface area contributed by atoms with Gasteiger partial charge in [-0.1, -0.05) is 0 Å². The monoisotopic (exact) mass is 255 g/mol. The number of aliphatic carboxylic acids is 1. The molecule has 2 fully saturated rings. The molecule has 5 heteroatoms. The summed E-state index contributed by atoms with van der Waals surface area (Å²) in [6, 6.07) is 0. The van der Waals surface area contributed by atoms with Crippen LogP contribution in [0.15, 0.2) is 0 Å². The van der Waals surface area contributed by atoms with Gasteiger partial charge in [0.15, 0.2) is 0 Å². The minimum absolute atomic E-state index is 0.0109. The van der Waals surface area contributed by atoms with Gasteiger partial charge in [-0.05, 0) is 38.5 Å². The van der Waals surface area contributed by atoms with Crippen molar-refractivity contribution < 1.29 is 19.4 Å². The molecule has 1 saturated heterocycles. The second-order valence-corrected chi connectivity index (χ2v) is 5.26. The minimum Gasteiger partial charge on any atom is -0.481 e. The van der Waals surface area contributed by atoms with Gasteiger partial charge in [0.1, 0.15) is 0 Å². The first-order valence-corrected chi connectivity index (χ1v) is 6.79. The van der Waals surface area contributed by atoms with Crippen molar-refractivity contribution in [3.8, 4) is 0 Å². The van der Waals surface area contributed by atoms with Gasteiger partial charge in [0.25, 0.3) is 0 Å². The molecule has 18 heavy (non-hydrogen) atoms. The standard InChI is InChI=1S/C13H21NO4/c15-12(9-3-4-10(8-9)13(16)17)14-6-5-11-2-1-7-18-11/h9-11H,1-8H2,(H,14,15)(H,16,17). The highest BCUT2D eigenvalue weighted by atomic mass is 16.5. The molecule has 0 aromatic heterocycles. The predicted molar refractivity (Wildman–Crippen MR) is 65.1 cm³/mol. The van der Waals surface area contributed by atoms with Gasteiger partial charge in [-0.3, -0.25) is 9.59 Å².